The molecule has 2 aromatic rings. The SMILES string of the molecule is CC(=O)c1oc(N)nc1-c1ccncc1. The number of pyridine rings is 1. The maximum Gasteiger partial charge on any atom is 0.293 e. The third-order valence-corrected chi connectivity index (χ3v) is 1.92. The summed E-state index contributed by atoms with van der Waals surface area (Å²) in [6, 6.07) is 3.47. The van der Waals surface area contributed by atoms with Gasteiger partial charge in [0.1, 0.15) is 5.69 Å². The van der Waals surface area contributed by atoms with Gasteiger partial charge in [-0.15, -0.1) is 0 Å². The van der Waals surface area contributed by atoms with Crippen LogP contribution in [0.2, 0.25) is 0 Å². The molecule has 76 valence electrons. The molecule has 2 N–H and O–H groups in total. The van der Waals surface area contributed by atoms with Crippen LogP contribution >= 0.6 is 0 Å². The van der Waals surface area contributed by atoms with Crippen molar-refractivity contribution < 1.29 is 9.21 Å². The molecule has 2 aromatic heterocycles. The van der Waals surface area contributed by atoms with Gasteiger partial charge in [0.15, 0.2) is 11.5 Å². The molecule has 0 fully saturated rings. The number of nitrogen functional groups attached to an aromatic ring is 1. The highest BCUT2D eigenvalue weighted by Gasteiger charge is 2.16. The standard InChI is InChI=1S/C10H9N3O2/c1-6(14)9-8(13-10(11)15-9)7-2-4-12-5-3-7/h2-5H,1H3,(H2,11,13). The highest BCUT2D eigenvalue weighted by atomic mass is 16.4. The van der Waals surface area contributed by atoms with Crippen LogP contribution in [-0.4, -0.2) is 15.8 Å². The molecule has 2 rings (SSSR count). The molecule has 0 amide bonds. The van der Waals surface area contributed by atoms with E-state index in [0.29, 0.717) is 5.69 Å². The van der Waals surface area contributed by atoms with Crippen LogP contribution in [0.15, 0.2) is 28.9 Å². The average molecular weight is 203 g/mol. The summed E-state index contributed by atoms with van der Waals surface area (Å²) in [5.74, 6) is -0.0234. The molecule has 0 aliphatic carbocycles. The second kappa shape index (κ2) is 3.53. The molecule has 0 aromatic carbocycles. The fraction of sp³-hybridized carbons (Fsp3) is 0.100. The molecule has 0 radical (unpaired) electrons. The number of rotatable bonds is 2. The predicted octanol–water partition coefficient (Wildman–Crippen LogP) is 1.52. The molecule has 0 aliphatic heterocycles. The summed E-state index contributed by atoms with van der Waals surface area (Å²) in [5, 5.41) is 0. The van der Waals surface area contributed by atoms with Gasteiger partial charge in [-0.1, -0.05) is 0 Å². The van der Waals surface area contributed by atoms with E-state index in [0.717, 1.165) is 5.56 Å². The molecule has 5 nitrogen and oxygen atoms in total. The van der Waals surface area contributed by atoms with Crippen LogP contribution in [0.25, 0.3) is 11.3 Å². The molecule has 0 saturated carbocycles. The minimum atomic E-state index is -0.203. The average Bonchev–Trinajstić information content (AvgIpc) is 2.62. The summed E-state index contributed by atoms with van der Waals surface area (Å²) >= 11 is 0. The third-order valence-electron chi connectivity index (χ3n) is 1.92. The zero-order valence-electron chi connectivity index (χ0n) is 8.10. The first-order chi connectivity index (χ1) is 7.18. The van der Waals surface area contributed by atoms with E-state index in [-0.39, 0.29) is 17.6 Å². The summed E-state index contributed by atoms with van der Waals surface area (Å²) in [7, 11) is 0. The summed E-state index contributed by atoms with van der Waals surface area (Å²) in [5.41, 5.74) is 6.63. The Bertz CT molecular complexity index is 491. The third kappa shape index (κ3) is 1.71. The lowest BCUT2D eigenvalue weighted by molar-refractivity contribution is 0.0989. The van der Waals surface area contributed by atoms with Gasteiger partial charge in [-0.3, -0.25) is 9.78 Å². The predicted molar refractivity (Wildman–Crippen MR) is 54.2 cm³/mol. The highest BCUT2D eigenvalue weighted by Crippen LogP contribution is 2.24. The van der Waals surface area contributed by atoms with E-state index in [2.05, 4.69) is 9.97 Å². The molecule has 0 aliphatic rings. The zero-order valence-corrected chi connectivity index (χ0v) is 8.10. The van der Waals surface area contributed by atoms with Crippen molar-refractivity contribution in [1.82, 2.24) is 9.97 Å². The fourth-order valence-electron chi connectivity index (χ4n) is 1.28. The largest absolute Gasteiger partial charge is 0.420 e. The van der Waals surface area contributed by atoms with Gasteiger partial charge in [-0.05, 0) is 12.1 Å². The van der Waals surface area contributed by atoms with E-state index in [1.54, 1.807) is 24.5 Å². The van der Waals surface area contributed by atoms with Crippen molar-refractivity contribution in [2.75, 3.05) is 5.73 Å². The van der Waals surface area contributed by atoms with E-state index < -0.39 is 0 Å². The minimum Gasteiger partial charge on any atom is -0.420 e. The molecule has 0 saturated heterocycles. The molecule has 0 atom stereocenters. The number of nitrogens with two attached hydrogens (primary N) is 1. The Morgan fingerprint density at radius 3 is 2.67 bits per heavy atom. The van der Waals surface area contributed by atoms with Gasteiger partial charge in [-0.25, -0.2) is 0 Å². The topological polar surface area (TPSA) is 82.0 Å². The lowest BCUT2D eigenvalue weighted by Crippen LogP contribution is -1.92. The van der Waals surface area contributed by atoms with Crippen molar-refractivity contribution in [1.29, 1.82) is 0 Å². The van der Waals surface area contributed by atoms with Gasteiger partial charge in [-0.2, -0.15) is 4.98 Å². The second-order valence-electron chi connectivity index (χ2n) is 3.02. The fourth-order valence-corrected chi connectivity index (χ4v) is 1.28. The number of oxazole rings is 1. The van der Waals surface area contributed by atoms with Gasteiger partial charge in [0.25, 0.3) is 6.01 Å². The first kappa shape index (κ1) is 9.39. The van der Waals surface area contributed by atoms with Crippen LogP contribution < -0.4 is 5.73 Å². The van der Waals surface area contributed by atoms with Crippen molar-refractivity contribution in [2.24, 2.45) is 0 Å². The van der Waals surface area contributed by atoms with Crippen LogP contribution in [0.3, 0.4) is 0 Å². The van der Waals surface area contributed by atoms with Crippen molar-refractivity contribution in [2.45, 2.75) is 6.92 Å². The summed E-state index contributed by atoms with van der Waals surface area (Å²) in [6.07, 6.45) is 3.23. The van der Waals surface area contributed by atoms with Crippen molar-refractivity contribution in [3.8, 4) is 11.3 Å². The molecule has 2 heterocycles. The summed E-state index contributed by atoms with van der Waals surface area (Å²) in [6.45, 7) is 1.41. The van der Waals surface area contributed by atoms with Crippen LogP contribution in [0.4, 0.5) is 6.01 Å². The Labute approximate surface area is 86.0 Å². The normalized spacial score (nSPS) is 10.2. The Morgan fingerprint density at radius 1 is 1.40 bits per heavy atom. The highest BCUT2D eigenvalue weighted by molar-refractivity contribution is 5.97. The number of ketones is 1. The smallest absolute Gasteiger partial charge is 0.293 e. The lowest BCUT2D eigenvalue weighted by Gasteiger charge is -1.95. The van der Waals surface area contributed by atoms with Crippen molar-refractivity contribution in [3.63, 3.8) is 0 Å². The zero-order chi connectivity index (χ0) is 10.8. The van der Waals surface area contributed by atoms with Crippen molar-refractivity contribution in [3.05, 3.63) is 30.3 Å². The second-order valence-corrected chi connectivity index (χ2v) is 3.02. The van der Waals surface area contributed by atoms with Crippen LogP contribution in [0.5, 0.6) is 0 Å². The quantitative estimate of drug-likeness (QED) is 0.748. The number of carbonyl (C=O) groups is 1. The monoisotopic (exact) mass is 203 g/mol. The van der Waals surface area contributed by atoms with Crippen LogP contribution in [-0.2, 0) is 0 Å². The van der Waals surface area contributed by atoms with Gasteiger partial charge in [0.05, 0.1) is 0 Å². The minimum absolute atomic E-state index is 0.00740. The summed E-state index contributed by atoms with van der Waals surface area (Å²) in [4.78, 5) is 19.1. The molecule has 15 heavy (non-hydrogen) atoms. The number of Topliss-reactive ketones (excluding diaryl/α,β-unsaturated/α-hetero) is 1. The van der Waals surface area contributed by atoms with Gasteiger partial charge in [0, 0.05) is 24.9 Å². The number of aromatic nitrogens is 2. The Hall–Kier alpha value is -2.17. The summed E-state index contributed by atoms with van der Waals surface area (Å²) < 4.78 is 5.03. The van der Waals surface area contributed by atoms with E-state index in [1.165, 1.54) is 6.92 Å². The van der Waals surface area contributed by atoms with E-state index >= 15 is 0 Å². The van der Waals surface area contributed by atoms with E-state index in [1.807, 2.05) is 0 Å². The Kier molecular flexibility index (Phi) is 2.21. The molecule has 0 unspecified atom stereocenters. The number of carbonyl (C=O) groups excluding carboxylic acids is 1. The first-order valence-corrected chi connectivity index (χ1v) is 4.36. The Morgan fingerprint density at radius 2 is 2.07 bits per heavy atom. The number of nitrogens with zero attached hydrogens (tertiary/aromatic N) is 2. The molecule has 5 heteroatoms. The Balaban J connectivity index is 2.58. The molecule has 0 spiro atoms. The molecular formula is C10H9N3O2. The lowest BCUT2D eigenvalue weighted by atomic mass is 10.1. The van der Waals surface area contributed by atoms with Gasteiger partial charge in [0.2, 0.25) is 0 Å². The number of hydrogen-bond donors (Lipinski definition) is 1. The van der Waals surface area contributed by atoms with Crippen molar-refractivity contribution >= 4 is 11.8 Å². The molecular weight excluding hydrogens is 194 g/mol. The first-order valence-electron chi connectivity index (χ1n) is 4.36. The maximum absolute atomic E-state index is 11.2. The maximum atomic E-state index is 11.2. The number of anilines is 1. The molecule has 0 bridgehead atoms. The van der Waals surface area contributed by atoms with Gasteiger partial charge >= 0.3 is 0 Å². The van der Waals surface area contributed by atoms with E-state index in [4.69, 9.17) is 10.2 Å². The van der Waals surface area contributed by atoms with Crippen LogP contribution in [0, 0.1) is 0 Å². The van der Waals surface area contributed by atoms with Gasteiger partial charge < -0.3 is 10.2 Å². The van der Waals surface area contributed by atoms with Crippen LogP contribution in [0.1, 0.15) is 17.5 Å². The van der Waals surface area contributed by atoms with E-state index in [9.17, 15) is 4.79 Å². The number of hydrogen-bond acceptors (Lipinski definition) is 5.